The Bertz CT molecular complexity index is 606. The number of ether oxygens (including phenoxy) is 1. The van der Waals surface area contributed by atoms with Gasteiger partial charge in [0.25, 0.3) is 0 Å². The van der Waals surface area contributed by atoms with E-state index in [1.165, 1.54) is 0 Å². The van der Waals surface area contributed by atoms with Gasteiger partial charge in [-0.3, -0.25) is 4.79 Å². The molecule has 0 aliphatic carbocycles. The van der Waals surface area contributed by atoms with Gasteiger partial charge in [-0.1, -0.05) is 17.8 Å². The number of carbonyl (C=O) groups excluding carboxylic acids is 1. The molecule has 2 nitrogen and oxygen atoms in total. The van der Waals surface area contributed by atoms with Crippen molar-refractivity contribution in [2.75, 3.05) is 7.11 Å². The zero-order valence-electron chi connectivity index (χ0n) is 11.3. The Kier molecular flexibility index (Phi) is 4.27. The van der Waals surface area contributed by atoms with E-state index in [2.05, 4.69) is 6.07 Å². The van der Waals surface area contributed by atoms with Gasteiger partial charge < -0.3 is 4.74 Å². The summed E-state index contributed by atoms with van der Waals surface area (Å²) in [5.74, 6) is 0.900. The molecule has 0 radical (unpaired) electrons. The predicted octanol–water partition coefficient (Wildman–Crippen LogP) is 4.28. The third-order valence-corrected chi connectivity index (χ3v) is 3.95. The topological polar surface area (TPSA) is 26.3 Å². The van der Waals surface area contributed by atoms with Gasteiger partial charge in [-0.05, 0) is 55.3 Å². The summed E-state index contributed by atoms with van der Waals surface area (Å²) in [6.45, 7) is 3.98. The Hall–Kier alpha value is -1.74. The van der Waals surface area contributed by atoms with E-state index in [4.69, 9.17) is 4.74 Å². The number of hydrogen-bond acceptors (Lipinski definition) is 3. The molecule has 0 atom stereocenters. The molecule has 0 N–H and O–H groups in total. The van der Waals surface area contributed by atoms with Crippen LogP contribution in [-0.4, -0.2) is 13.4 Å². The SMILES string of the molecule is COc1ccc(Sc2ccc(C=O)c(C)c2)cc1C. The molecule has 0 fully saturated rings. The van der Waals surface area contributed by atoms with Crippen molar-refractivity contribution < 1.29 is 9.53 Å². The molecule has 0 aromatic heterocycles. The van der Waals surface area contributed by atoms with Gasteiger partial charge in [0.15, 0.2) is 0 Å². The Morgan fingerprint density at radius 3 is 2.16 bits per heavy atom. The average molecular weight is 272 g/mol. The Morgan fingerprint density at radius 2 is 1.63 bits per heavy atom. The molecule has 0 spiro atoms. The van der Waals surface area contributed by atoms with Crippen molar-refractivity contribution in [2.24, 2.45) is 0 Å². The van der Waals surface area contributed by atoms with Gasteiger partial charge in [0.05, 0.1) is 7.11 Å². The lowest BCUT2D eigenvalue weighted by Gasteiger charge is -2.08. The van der Waals surface area contributed by atoms with Crippen LogP contribution in [0.3, 0.4) is 0 Å². The Balaban J connectivity index is 2.23. The quantitative estimate of drug-likeness (QED) is 0.777. The smallest absolute Gasteiger partial charge is 0.150 e. The average Bonchev–Trinajstić information content (AvgIpc) is 2.39. The van der Waals surface area contributed by atoms with Crippen molar-refractivity contribution in [3.8, 4) is 5.75 Å². The Morgan fingerprint density at radius 1 is 1.00 bits per heavy atom. The van der Waals surface area contributed by atoms with Crippen molar-refractivity contribution in [1.29, 1.82) is 0 Å². The highest BCUT2D eigenvalue weighted by atomic mass is 32.2. The fraction of sp³-hybridized carbons (Fsp3) is 0.188. The van der Waals surface area contributed by atoms with E-state index in [9.17, 15) is 4.79 Å². The van der Waals surface area contributed by atoms with Gasteiger partial charge in [-0.15, -0.1) is 0 Å². The molecule has 3 heteroatoms. The van der Waals surface area contributed by atoms with Gasteiger partial charge in [-0.25, -0.2) is 0 Å². The molecular formula is C16H16O2S. The van der Waals surface area contributed by atoms with Crippen LogP contribution in [-0.2, 0) is 0 Å². The first kappa shape index (κ1) is 13.7. The van der Waals surface area contributed by atoms with Gasteiger partial charge >= 0.3 is 0 Å². The van der Waals surface area contributed by atoms with Gasteiger partial charge in [0, 0.05) is 15.4 Å². The van der Waals surface area contributed by atoms with Crippen LogP contribution in [0, 0.1) is 13.8 Å². The molecule has 2 rings (SSSR count). The molecule has 0 aliphatic rings. The highest BCUT2D eigenvalue weighted by Crippen LogP contribution is 2.31. The van der Waals surface area contributed by atoms with Gasteiger partial charge in [0.1, 0.15) is 12.0 Å². The van der Waals surface area contributed by atoms with Crippen LogP contribution in [0.15, 0.2) is 46.2 Å². The summed E-state index contributed by atoms with van der Waals surface area (Å²) in [5.41, 5.74) is 2.87. The molecular weight excluding hydrogens is 256 g/mol. The molecule has 0 aliphatic heterocycles. The number of benzene rings is 2. The van der Waals surface area contributed by atoms with E-state index in [1.54, 1.807) is 18.9 Å². The largest absolute Gasteiger partial charge is 0.496 e. The van der Waals surface area contributed by atoms with Crippen molar-refractivity contribution in [1.82, 2.24) is 0 Å². The molecule has 0 heterocycles. The molecule has 19 heavy (non-hydrogen) atoms. The van der Waals surface area contributed by atoms with Crippen LogP contribution in [0.1, 0.15) is 21.5 Å². The van der Waals surface area contributed by atoms with Crippen LogP contribution in [0.5, 0.6) is 5.75 Å². The van der Waals surface area contributed by atoms with Gasteiger partial charge in [-0.2, -0.15) is 0 Å². The first-order chi connectivity index (χ1) is 9.13. The van der Waals surface area contributed by atoms with Crippen LogP contribution < -0.4 is 4.74 Å². The number of rotatable bonds is 4. The first-order valence-corrected chi connectivity index (χ1v) is 6.84. The normalized spacial score (nSPS) is 10.3. The van der Waals surface area contributed by atoms with E-state index in [-0.39, 0.29) is 0 Å². The number of methoxy groups -OCH3 is 1. The minimum absolute atomic E-state index is 0.746. The molecule has 2 aromatic carbocycles. The number of aryl methyl sites for hydroxylation is 2. The van der Waals surface area contributed by atoms with Crippen molar-refractivity contribution in [2.45, 2.75) is 23.6 Å². The monoisotopic (exact) mass is 272 g/mol. The van der Waals surface area contributed by atoms with Crippen molar-refractivity contribution >= 4 is 18.0 Å². The second-order valence-electron chi connectivity index (χ2n) is 4.37. The summed E-state index contributed by atoms with van der Waals surface area (Å²) in [4.78, 5) is 13.1. The predicted molar refractivity (Wildman–Crippen MR) is 78.4 cm³/mol. The molecule has 98 valence electrons. The van der Waals surface area contributed by atoms with Crippen molar-refractivity contribution in [3.05, 3.63) is 53.1 Å². The molecule has 0 amide bonds. The molecule has 0 bridgehead atoms. The number of aldehydes is 1. The second-order valence-corrected chi connectivity index (χ2v) is 5.52. The first-order valence-electron chi connectivity index (χ1n) is 6.02. The summed E-state index contributed by atoms with van der Waals surface area (Å²) < 4.78 is 5.25. The van der Waals surface area contributed by atoms with Crippen LogP contribution in [0.25, 0.3) is 0 Å². The standard InChI is InChI=1S/C16H16O2S/c1-11-8-14(5-4-13(11)10-17)19-15-6-7-16(18-3)12(2)9-15/h4-10H,1-3H3. The Labute approximate surface area is 117 Å². The fourth-order valence-electron chi connectivity index (χ4n) is 1.89. The maximum atomic E-state index is 10.8. The minimum Gasteiger partial charge on any atom is -0.496 e. The zero-order chi connectivity index (χ0) is 13.8. The van der Waals surface area contributed by atoms with E-state index in [1.807, 2.05) is 44.2 Å². The second kappa shape index (κ2) is 5.93. The van der Waals surface area contributed by atoms with Crippen LogP contribution in [0.4, 0.5) is 0 Å². The van der Waals surface area contributed by atoms with Crippen LogP contribution >= 0.6 is 11.8 Å². The van der Waals surface area contributed by atoms with Crippen molar-refractivity contribution in [3.63, 3.8) is 0 Å². The minimum atomic E-state index is 0.746. The molecule has 0 saturated carbocycles. The molecule has 0 saturated heterocycles. The molecule has 2 aromatic rings. The number of carbonyl (C=O) groups is 1. The highest BCUT2D eigenvalue weighted by molar-refractivity contribution is 7.99. The number of hydrogen-bond donors (Lipinski definition) is 0. The van der Waals surface area contributed by atoms with E-state index in [0.29, 0.717) is 0 Å². The molecule has 0 unspecified atom stereocenters. The third-order valence-electron chi connectivity index (χ3n) is 2.97. The maximum absolute atomic E-state index is 10.8. The van der Waals surface area contributed by atoms with E-state index >= 15 is 0 Å². The summed E-state index contributed by atoms with van der Waals surface area (Å²) in [5, 5.41) is 0. The lowest BCUT2D eigenvalue weighted by Crippen LogP contribution is -1.88. The summed E-state index contributed by atoms with van der Waals surface area (Å²) in [7, 11) is 1.68. The van der Waals surface area contributed by atoms with E-state index in [0.717, 1.165) is 38.5 Å². The van der Waals surface area contributed by atoms with Gasteiger partial charge in [0.2, 0.25) is 0 Å². The fourth-order valence-corrected chi connectivity index (χ4v) is 2.91. The van der Waals surface area contributed by atoms with Crippen LogP contribution in [0.2, 0.25) is 0 Å². The summed E-state index contributed by atoms with van der Waals surface area (Å²) >= 11 is 1.68. The maximum Gasteiger partial charge on any atom is 0.150 e. The lowest BCUT2D eigenvalue weighted by molar-refractivity contribution is 0.112. The summed E-state index contributed by atoms with van der Waals surface area (Å²) in [6, 6.07) is 12.0. The lowest BCUT2D eigenvalue weighted by atomic mass is 10.1. The summed E-state index contributed by atoms with van der Waals surface area (Å²) in [6.07, 6.45) is 0.890. The third kappa shape index (κ3) is 3.18. The zero-order valence-corrected chi connectivity index (χ0v) is 12.1. The van der Waals surface area contributed by atoms with E-state index < -0.39 is 0 Å². The highest BCUT2D eigenvalue weighted by Gasteiger charge is 2.04.